The maximum atomic E-state index is 7.17. The summed E-state index contributed by atoms with van der Waals surface area (Å²) in [4.78, 5) is 12.8. The summed E-state index contributed by atoms with van der Waals surface area (Å²) in [6.07, 6.45) is 10.9. The number of aromatic nitrogens is 6. The van der Waals surface area contributed by atoms with Crippen molar-refractivity contribution in [2.45, 2.75) is 0 Å². The van der Waals surface area contributed by atoms with Gasteiger partial charge in [-0.2, -0.15) is 0 Å². The Morgan fingerprint density at radius 3 is 1.21 bits per heavy atom. The van der Waals surface area contributed by atoms with Crippen LogP contribution in [0.15, 0.2) is 37.2 Å². The molecule has 0 aromatic carbocycles. The lowest BCUT2D eigenvalue weighted by Gasteiger charge is -2.01. The number of hydrogen-bond acceptors (Lipinski definition) is 6. The molecular formula is C9H9BN6O3. The molecule has 0 unspecified atom stereocenters. The van der Waals surface area contributed by atoms with Gasteiger partial charge in [-0.15, -0.1) is 0 Å². The molecule has 0 spiro atoms. The van der Waals surface area contributed by atoms with Crippen molar-refractivity contribution < 1.29 is 15.1 Å². The zero-order valence-electron chi connectivity index (χ0n) is 9.57. The monoisotopic (exact) mass is 260 g/mol. The van der Waals surface area contributed by atoms with Crippen LogP contribution in [-0.4, -0.2) is 50.5 Å². The minimum atomic E-state index is -2.17. The lowest BCUT2D eigenvalue weighted by molar-refractivity contribution is 0.278. The SMILES string of the molecule is OB(O)O.c1cn2c(n1)n1ccnc1n1ccnc21. The van der Waals surface area contributed by atoms with Crippen LogP contribution in [0.1, 0.15) is 0 Å². The Bertz CT molecular complexity index is 637. The third kappa shape index (κ3) is 1.83. The van der Waals surface area contributed by atoms with Crippen molar-refractivity contribution in [2.24, 2.45) is 0 Å². The summed E-state index contributed by atoms with van der Waals surface area (Å²) in [5.74, 6) is 2.46. The van der Waals surface area contributed by atoms with Crippen molar-refractivity contribution in [3.8, 4) is 0 Å². The van der Waals surface area contributed by atoms with Gasteiger partial charge in [-0.3, -0.25) is 13.2 Å². The fourth-order valence-electron chi connectivity index (χ4n) is 1.89. The highest BCUT2D eigenvalue weighted by Crippen LogP contribution is 2.10. The summed E-state index contributed by atoms with van der Waals surface area (Å²) < 4.78 is 5.78. The first-order chi connectivity index (χ1) is 9.18. The smallest absolute Gasteiger partial charge is 0.402 e. The second-order valence-electron chi connectivity index (χ2n) is 3.64. The van der Waals surface area contributed by atoms with Crippen LogP contribution in [0.3, 0.4) is 0 Å². The van der Waals surface area contributed by atoms with Gasteiger partial charge in [-0.05, 0) is 0 Å². The number of rotatable bonds is 0. The molecule has 0 atom stereocenters. The summed E-state index contributed by atoms with van der Waals surface area (Å²) in [6, 6.07) is 0. The number of hydrogen-bond donors (Lipinski definition) is 3. The summed E-state index contributed by atoms with van der Waals surface area (Å²) in [5, 5.41) is 21.5. The molecule has 96 valence electrons. The minimum Gasteiger partial charge on any atom is -0.402 e. The van der Waals surface area contributed by atoms with Crippen LogP contribution >= 0.6 is 0 Å². The Hall–Kier alpha value is -2.43. The van der Waals surface area contributed by atoms with Gasteiger partial charge >= 0.3 is 7.32 Å². The molecule has 0 aliphatic heterocycles. The van der Waals surface area contributed by atoms with Crippen LogP contribution in [0, 0.1) is 0 Å². The molecule has 0 radical (unpaired) electrons. The Labute approximate surface area is 106 Å². The van der Waals surface area contributed by atoms with Gasteiger partial charge in [-0.1, -0.05) is 0 Å². The summed E-state index contributed by atoms with van der Waals surface area (Å²) in [7, 11) is -2.17. The molecule has 0 saturated carbocycles. The molecule has 4 rings (SSSR count). The number of fused-ring (bicyclic) bond motifs is 6. The van der Waals surface area contributed by atoms with E-state index >= 15 is 0 Å². The van der Waals surface area contributed by atoms with Gasteiger partial charge in [0.15, 0.2) is 0 Å². The standard InChI is InChI=1S/C9H6N6.BH3O3/c1-4-13-7(10-1)14-5-2-12-9(14)15-6-3-11-8(13)15;2-1(3)4/h1-6H;2-4H. The van der Waals surface area contributed by atoms with E-state index in [0.717, 1.165) is 17.3 Å². The second-order valence-corrected chi connectivity index (χ2v) is 3.64. The zero-order chi connectivity index (χ0) is 13.4. The first-order valence-electron chi connectivity index (χ1n) is 5.34. The average molecular weight is 260 g/mol. The molecule has 10 heteroatoms. The van der Waals surface area contributed by atoms with E-state index in [4.69, 9.17) is 15.1 Å². The van der Waals surface area contributed by atoms with Crippen LogP contribution < -0.4 is 0 Å². The van der Waals surface area contributed by atoms with Gasteiger partial charge in [0, 0.05) is 37.2 Å². The lowest BCUT2D eigenvalue weighted by atomic mass is 10.3. The molecule has 0 bridgehead atoms. The molecule has 0 fully saturated rings. The highest BCUT2D eigenvalue weighted by atomic mass is 16.5. The number of imidazole rings is 3. The maximum Gasteiger partial charge on any atom is 0.631 e. The molecule has 0 saturated heterocycles. The molecule has 9 nitrogen and oxygen atoms in total. The Morgan fingerprint density at radius 2 is 0.947 bits per heavy atom. The first kappa shape index (κ1) is 11.7. The van der Waals surface area contributed by atoms with Crippen molar-refractivity contribution in [3.05, 3.63) is 37.2 Å². The molecule has 0 aliphatic rings. The largest absolute Gasteiger partial charge is 0.631 e. The fourth-order valence-corrected chi connectivity index (χ4v) is 1.89. The van der Waals surface area contributed by atoms with Gasteiger partial charge in [0.2, 0.25) is 17.3 Å². The Kier molecular flexibility index (Phi) is 2.67. The molecule has 0 amide bonds. The molecule has 4 aromatic heterocycles. The summed E-state index contributed by atoms with van der Waals surface area (Å²) in [6.45, 7) is 0. The maximum absolute atomic E-state index is 7.17. The highest BCUT2D eigenvalue weighted by Gasteiger charge is 2.08. The van der Waals surface area contributed by atoms with Gasteiger partial charge in [0.05, 0.1) is 0 Å². The Balaban J connectivity index is 0.000000247. The molecule has 4 heterocycles. The molecular weight excluding hydrogens is 251 g/mol. The zero-order valence-corrected chi connectivity index (χ0v) is 9.57. The average Bonchev–Trinajstić information content (AvgIpc) is 3.08. The van der Waals surface area contributed by atoms with Crippen molar-refractivity contribution in [2.75, 3.05) is 0 Å². The molecule has 4 aromatic rings. The highest BCUT2D eigenvalue weighted by molar-refractivity contribution is 6.30. The van der Waals surface area contributed by atoms with Crippen LogP contribution in [0.25, 0.3) is 17.3 Å². The van der Waals surface area contributed by atoms with Crippen LogP contribution in [-0.2, 0) is 0 Å². The normalized spacial score (nSPS) is 10.9. The van der Waals surface area contributed by atoms with Gasteiger partial charge < -0.3 is 15.1 Å². The molecule has 0 aliphatic carbocycles. The van der Waals surface area contributed by atoms with E-state index in [1.54, 1.807) is 18.6 Å². The predicted octanol–water partition coefficient (Wildman–Crippen LogP) is -1.42. The Morgan fingerprint density at radius 1 is 0.684 bits per heavy atom. The predicted molar refractivity (Wildman–Crippen MR) is 65.1 cm³/mol. The van der Waals surface area contributed by atoms with E-state index in [1.165, 1.54) is 0 Å². The summed E-state index contributed by atoms with van der Waals surface area (Å²) in [5.41, 5.74) is 0. The summed E-state index contributed by atoms with van der Waals surface area (Å²) >= 11 is 0. The van der Waals surface area contributed by atoms with E-state index in [9.17, 15) is 0 Å². The number of nitrogens with zero attached hydrogens (tertiary/aromatic N) is 6. The van der Waals surface area contributed by atoms with Gasteiger partial charge in [0.1, 0.15) is 0 Å². The molecule has 3 N–H and O–H groups in total. The second kappa shape index (κ2) is 4.35. The van der Waals surface area contributed by atoms with Crippen LogP contribution in [0.5, 0.6) is 0 Å². The third-order valence-electron chi connectivity index (χ3n) is 2.51. The van der Waals surface area contributed by atoms with Crippen LogP contribution in [0.2, 0.25) is 0 Å². The first-order valence-corrected chi connectivity index (χ1v) is 5.34. The van der Waals surface area contributed by atoms with Gasteiger partial charge in [0.25, 0.3) is 0 Å². The topological polar surface area (TPSA) is 113 Å². The van der Waals surface area contributed by atoms with E-state index in [-0.39, 0.29) is 0 Å². The third-order valence-corrected chi connectivity index (χ3v) is 2.51. The van der Waals surface area contributed by atoms with Crippen molar-refractivity contribution >= 4 is 24.7 Å². The fraction of sp³-hybridized carbons (Fsp3) is 0. The van der Waals surface area contributed by atoms with Crippen molar-refractivity contribution in [1.82, 2.24) is 28.2 Å². The van der Waals surface area contributed by atoms with E-state index in [2.05, 4.69) is 15.0 Å². The lowest BCUT2D eigenvalue weighted by Crippen LogP contribution is -2.07. The quantitative estimate of drug-likeness (QED) is 0.334. The minimum absolute atomic E-state index is 0.821. The van der Waals surface area contributed by atoms with Gasteiger partial charge in [-0.25, -0.2) is 15.0 Å². The van der Waals surface area contributed by atoms with Crippen LogP contribution in [0.4, 0.5) is 0 Å². The molecule has 19 heavy (non-hydrogen) atoms. The van der Waals surface area contributed by atoms with Crippen molar-refractivity contribution in [3.63, 3.8) is 0 Å². The van der Waals surface area contributed by atoms with Crippen molar-refractivity contribution in [1.29, 1.82) is 0 Å². The van der Waals surface area contributed by atoms with E-state index in [0.29, 0.717) is 0 Å². The van der Waals surface area contributed by atoms with E-state index < -0.39 is 7.32 Å². The van der Waals surface area contributed by atoms with E-state index in [1.807, 2.05) is 31.8 Å².